The number of ether oxygens (including phenoxy) is 1. The van der Waals surface area contributed by atoms with Crippen LogP contribution in [0, 0.1) is 0 Å². The van der Waals surface area contributed by atoms with Crippen LogP contribution < -0.4 is 15.0 Å². The van der Waals surface area contributed by atoms with E-state index < -0.39 is 0 Å². The maximum Gasteiger partial charge on any atom is 0.251 e. The van der Waals surface area contributed by atoms with Crippen LogP contribution in [-0.2, 0) is 4.79 Å². The molecule has 1 atom stereocenters. The predicted molar refractivity (Wildman–Crippen MR) is 105 cm³/mol. The highest BCUT2D eigenvalue weighted by Crippen LogP contribution is 2.28. The van der Waals surface area contributed by atoms with Gasteiger partial charge in [0.15, 0.2) is 0 Å². The highest BCUT2D eigenvalue weighted by atomic mass is 79.9. The first-order valence-corrected chi connectivity index (χ1v) is 9.33. The summed E-state index contributed by atoms with van der Waals surface area (Å²) in [6, 6.07) is 12.7. The molecule has 0 saturated carbocycles. The molecule has 2 aromatic rings. The number of amides is 2. The number of anilines is 1. The van der Waals surface area contributed by atoms with Gasteiger partial charge in [0, 0.05) is 24.2 Å². The Hall–Kier alpha value is -2.34. The summed E-state index contributed by atoms with van der Waals surface area (Å²) in [6.45, 7) is 2.68. The van der Waals surface area contributed by atoms with Gasteiger partial charge in [-0.1, -0.05) is 6.07 Å². The maximum atomic E-state index is 12.5. The van der Waals surface area contributed by atoms with Crippen LogP contribution in [0.4, 0.5) is 5.69 Å². The first kappa shape index (κ1) is 18.5. The number of hydrogen-bond donors (Lipinski definition) is 1. The molecule has 1 heterocycles. The van der Waals surface area contributed by atoms with E-state index in [2.05, 4.69) is 21.2 Å². The number of rotatable bonds is 5. The molecule has 3 rings (SSSR count). The molecule has 0 bridgehead atoms. The third-order valence-corrected chi connectivity index (χ3v) is 5.16. The molecule has 1 aliphatic rings. The van der Waals surface area contributed by atoms with Gasteiger partial charge < -0.3 is 15.0 Å². The summed E-state index contributed by atoms with van der Waals surface area (Å²) in [6.07, 6.45) is 1.48. The van der Waals surface area contributed by atoms with Gasteiger partial charge in [-0.2, -0.15) is 0 Å². The fourth-order valence-electron chi connectivity index (χ4n) is 3.03. The molecule has 136 valence electrons. The summed E-state index contributed by atoms with van der Waals surface area (Å²) >= 11 is 3.46. The van der Waals surface area contributed by atoms with E-state index in [-0.39, 0.29) is 17.9 Å². The zero-order valence-electron chi connectivity index (χ0n) is 14.8. The average Bonchev–Trinajstić information content (AvgIpc) is 3.07. The van der Waals surface area contributed by atoms with Crippen molar-refractivity contribution in [3.63, 3.8) is 0 Å². The van der Waals surface area contributed by atoms with Crippen molar-refractivity contribution in [2.24, 2.45) is 0 Å². The predicted octanol–water partition coefficient (Wildman–Crippen LogP) is 4.08. The first-order chi connectivity index (χ1) is 12.5. The lowest BCUT2D eigenvalue weighted by atomic mass is 10.1. The minimum atomic E-state index is -0.149. The molecule has 1 fully saturated rings. The number of nitrogens with zero attached hydrogens (tertiary/aromatic N) is 1. The van der Waals surface area contributed by atoms with Crippen LogP contribution >= 0.6 is 15.9 Å². The van der Waals surface area contributed by atoms with Crippen LogP contribution in [0.3, 0.4) is 0 Å². The monoisotopic (exact) mass is 416 g/mol. The van der Waals surface area contributed by atoms with Crippen LogP contribution in [0.15, 0.2) is 46.9 Å². The van der Waals surface area contributed by atoms with E-state index in [0.717, 1.165) is 34.4 Å². The van der Waals surface area contributed by atoms with Crippen LogP contribution in [0.1, 0.15) is 41.7 Å². The highest BCUT2D eigenvalue weighted by Gasteiger charge is 2.22. The maximum absolute atomic E-state index is 12.5. The number of benzene rings is 2. The van der Waals surface area contributed by atoms with Crippen molar-refractivity contribution in [2.45, 2.75) is 25.8 Å². The molecule has 1 unspecified atom stereocenters. The zero-order valence-corrected chi connectivity index (χ0v) is 16.4. The molecule has 1 saturated heterocycles. The van der Waals surface area contributed by atoms with E-state index in [0.29, 0.717) is 12.0 Å². The summed E-state index contributed by atoms with van der Waals surface area (Å²) < 4.78 is 6.07. The average molecular weight is 417 g/mol. The van der Waals surface area contributed by atoms with Crippen molar-refractivity contribution in [2.75, 3.05) is 18.6 Å². The second kappa shape index (κ2) is 7.91. The van der Waals surface area contributed by atoms with Crippen LogP contribution in [0.5, 0.6) is 5.75 Å². The number of methoxy groups -OCH3 is 1. The molecule has 2 amide bonds. The van der Waals surface area contributed by atoms with Crippen molar-refractivity contribution >= 4 is 33.4 Å². The summed E-state index contributed by atoms with van der Waals surface area (Å²) in [5.74, 6) is 0.740. The Morgan fingerprint density at radius 1 is 1.23 bits per heavy atom. The van der Waals surface area contributed by atoms with E-state index >= 15 is 0 Å². The molecular formula is C20H21BrN2O3. The van der Waals surface area contributed by atoms with Gasteiger partial charge in [-0.05, 0) is 71.2 Å². The lowest BCUT2D eigenvalue weighted by molar-refractivity contribution is -0.117. The SMILES string of the molecule is COc1ccc(C(C)NC(=O)c2ccc(N3CCCC3=O)cc2)cc1Br. The Balaban J connectivity index is 1.67. The van der Waals surface area contributed by atoms with Gasteiger partial charge in [0.25, 0.3) is 5.91 Å². The zero-order chi connectivity index (χ0) is 18.7. The van der Waals surface area contributed by atoms with E-state index in [1.807, 2.05) is 37.3 Å². The Bertz CT molecular complexity index is 820. The van der Waals surface area contributed by atoms with Gasteiger partial charge in [0.2, 0.25) is 5.91 Å². The third-order valence-electron chi connectivity index (χ3n) is 4.54. The van der Waals surface area contributed by atoms with Crippen LogP contribution in [0.2, 0.25) is 0 Å². The molecule has 0 radical (unpaired) electrons. The second-order valence-electron chi connectivity index (χ2n) is 6.28. The lowest BCUT2D eigenvalue weighted by Crippen LogP contribution is -2.27. The van der Waals surface area contributed by atoms with Crippen molar-refractivity contribution < 1.29 is 14.3 Å². The van der Waals surface area contributed by atoms with Gasteiger partial charge in [-0.25, -0.2) is 0 Å². The van der Waals surface area contributed by atoms with Crippen molar-refractivity contribution in [1.29, 1.82) is 0 Å². The van der Waals surface area contributed by atoms with Gasteiger partial charge in [0.1, 0.15) is 5.75 Å². The summed E-state index contributed by atoms with van der Waals surface area (Å²) in [5.41, 5.74) is 2.39. The molecule has 1 aliphatic heterocycles. The summed E-state index contributed by atoms with van der Waals surface area (Å²) in [4.78, 5) is 26.1. The molecule has 0 aromatic heterocycles. The summed E-state index contributed by atoms with van der Waals surface area (Å²) in [7, 11) is 1.62. The topological polar surface area (TPSA) is 58.6 Å². The van der Waals surface area contributed by atoms with E-state index in [1.165, 1.54) is 0 Å². The highest BCUT2D eigenvalue weighted by molar-refractivity contribution is 9.10. The summed E-state index contributed by atoms with van der Waals surface area (Å²) in [5, 5.41) is 2.99. The van der Waals surface area contributed by atoms with Crippen LogP contribution in [0.25, 0.3) is 0 Å². The second-order valence-corrected chi connectivity index (χ2v) is 7.14. The van der Waals surface area contributed by atoms with Gasteiger partial charge in [-0.15, -0.1) is 0 Å². The van der Waals surface area contributed by atoms with Crippen LogP contribution in [-0.4, -0.2) is 25.5 Å². The molecule has 5 nitrogen and oxygen atoms in total. The smallest absolute Gasteiger partial charge is 0.251 e. The largest absolute Gasteiger partial charge is 0.496 e. The Morgan fingerprint density at radius 3 is 2.54 bits per heavy atom. The molecule has 6 heteroatoms. The fourth-order valence-corrected chi connectivity index (χ4v) is 3.59. The fraction of sp³-hybridized carbons (Fsp3) is 0.300. The number of nitrogens with one attached hydrogen (secondary N) is 1. The molecule has 1 N–H and O–H groups in total. The van der Waals surface area contributed by atoms with Gasteiger partial charge in [0.05, 0.1) is 17.6 Å². The standard InChI is InChI=1S/C20H21BrN2O3/c1-13(15-7-10-18(26-2)17(21)12-15)22-20(25)14-5-8-16(9-6-14)23-11-3-4-19(23)24/h5-10,12-13H,3-4,11H2,1-2H3,(H,22,25). The first-order valence-electron chi connectivity index (χ1n) is 8.54. The molecule has 26 heavy (non-hydrogen) atoms. The minimum Gasteiger partial charge on any atom is -0.496 e. The van der Waals surface area contributed by atoms with Crippen molar-refractivity contribution in [1.82, 2.24) is 5.32 Å². The van der Waals surface area contributed by atoms with Gasteiger partial charge >= 0.3 is 0 Å². The normalized spacial score (nSPS) is 15.0. The Kier molecular flexibility index (Phi) is 5.61. The quantitative estimate of drug-likeness (QED) is 0.798. The van der Waals surface area contributed by atoms with Crippen molar-refractivity contribution in [3.05, 3.63) is 58.1 Å². The number of carbonyl (C=O) groups is 2. The number of hydrogen-bond acceptors (Lipinski definition) is 3. The van der Waals surface area contributed by atoms with Gasteiger partial charge in [-0.3, -0.25) is 9.59 Å². The molecule has 0 spiro atoms. The van der Waals surface area contributed by atoms with E-state index in [9.17, 15) is 9.59 Å². The lowest BCUT2D eigenvalue weighted by Gasteiger charge is -2.17. The third kappa shape index (κ3) is 3.90. The Morgan fingerprint density at radius 2 is 1.96 bits per heavy atom. The molecule has 2 aromatic carbocycles. The number of carbonyl (C=O) groups excluding carboxylic acids is 2. The van der Waals surface area contributed by atoms with E-state index in [1.54, 1.807) is 24.1 Å². The van der Waals surface area contributed by atoms with E-state index in [4.69, 9.17) is 4.74 Å². The molecule has 0 aliphatic carbocycles. The molecular weight excluding hydrogens is 396 g/mol. The minimum absolute atomic E-state index is 0.140. The number of halogens is 1. The Labute approximate surface area is 161 Å². The van der Waals surface area contributed by atoms with Crippen molar-refractivity contribution in [3.8, 4) is 5.75 Å².